The summed E-state index contributed by atoms with van der Waals surface area (Å²) in [6.07, 6.45) is 3.48. The number of nitrogens with zero attached hydrogens (tertiary/aromatic N) is 8. The van der Waals surface area contributed by atoms with Gasteiger partial charge < -0.3 is 20.0 Å². The highest BCUT2D eigenvalue weighted by Gasteiger charge is 2.26. The molecule has 0 atom stereocenters. The van der Waals surface area contributed by atoms with Crippen molar-refractivity contribution in [3.63, 3.8) is 0 Å². The van der Waals surface area contributed by atoms with Gasteiger partial charge in [0.25, 0.3) is 0 Å². The molecule has 3 aromatic heterocycles. The molecule has 0 saturated carbocycles. The normalized spacial score (nSPS) is 14.3. The molecule has 1 saturated heterocycles. The molecule has 0 bridgehead atoms. The first-order valence-corrected chi connectivity index (χ1v) is 12.8. The lowest BCUT2D eigenvalue weighted by molar-refractivity contribution is -0.129. The van der Waals surface area contributed by atoms with E-state index in [1.165, 1.54) is 11.3 Å². The van der Waals surface area contributed by atoms with Gasteiger partial charge in [0.05, 0.1) is 6.54 Å². The lowest BCUT2D eigenvalue weighted by Crippen LogP contribution is -2.51. The Morgan fingerprint density at radius 2 is 1.75 bits per heavy atom. The molecular weight excluding hydrogens is 474 g/mol. The fourth-order valence-corrected chi connectivity index (χ4v) is 5.00. The first-order valence-electron chi connectivity index (χ1n) is 12.0. The maximum Gasteiger partial charge on any atom is 0.242 e. The summed E-state index contributed by atoms with van der Waals surface area (Å²) in [6, 6.07) is 11.9. The third-order valence-electron chi connectivity index (χ3n) is 5.90. The van der Waals surface area contributed by atoms with Crippen LogP contribution in [-0.4, -0.2) is 80.7 Å². The quantitative estimate of drug-likeness (QED) is 0.427. The van der Waals surface area contributed by atoms with Crippen LogP contribution in [0.5, 0.6) is 0 Å². The number of rotatable bonds is 6. The smallest absolute Gasteiger partial charge is 0.242 e. The molecule has 1 amide bonds. The molecule has 0 radical (unpaired) electrons. The summed E-state index contributed by atoms with van der Waals surface area (Å²) in [7, 11) is 1.90. The van der Waals surface area contributed by atoms with Gasteiger partial charge in [-0.25, -0.2) is 15.0 Å². The second-order valence-electron chi connectivity index (χ2n) is 9.90. The lowest BCUT2D eigenvalue weighted by Gasteiger charge is -2.35. The lowest BCUT2D eigenvalue weighted by atomic mass is 10.1. The Bertz CT molecular complexity index is 1320. The summed E-state index contributed by atoms with van der Waals surface area (Å²) in [6.45, 7) is 9.32. The molecule has 1 aromatic carbocycles. The van der Waals surface area contributed by atoms with Gasteiger partial charge in [0, 0.05) is 56.7 Å². The third-order valence-corrected chi connectivity index (χ3v) is 6.92. The molecule has 4 heterocycles. The monoisotopic (exact) mass is 505 g/mol. The molecule has 188 valence electrons. The number of aromatic nitrogens is 5. The Morgan fingerprint density at radius 1 is 1.06 bits per heavy atom. The molecule has 5 rings (SSSR count). The molecule has 36 heavy (non-hydrogen) atoms. The van der Waals surface area contributed by atoms with Gasteiger partial charge in [-0.3, -0.25) is 4.79 Å². The molecule has 10 nitrogen and oxygen atoms in total. The maximum absolute atomic E-state index is 13.0. The van der Waals surface area contributed by atoms with E-state index >= 15 is 0 Å². The van der Waals surface area contributed by atoms with Crippen LogP contribution in [0.4, 0.5) is 16.9 Å². The average molecular weight is 506 g/mol. The first kappa shape index (κ1) is 24.0. The van der Waals surface area contributed by atoms with Crippen molar-refractivity contribution in [1.29, 1.82) is 0 Å². The number of carbonyl (C=O) groups is 1. The van der Waals surface area contributed by atoms with Gasteiger partial charge in [-0.15, -0.1) is 5.10 Å². The predicted molar refractivity (Wildman–Crippen MR) is 144 cm³/mol. The zero-order valence-corrected chi connectivity index (χ0v) is 21.9. The highest BCUT2D eigenvalue weighted by atomic mass is 32.1. The number of carbonyl (C=O) groups excluding carboxylic acids is 1. The second kappa shape index (κ2) is 9.73. The molecule has 1 aliphatic heterocycles. The summed E-state index contributed by atoms with van der Waals surface area (Å²) in [5.41, 5.74) is 1.74. The van der Waals surface area contributed by atoms with Crippen LogP contribution in [0, 0.1) is 0 Å². The van der Waals surface area contributed by atoms with Crippen LogP contribution in [0.25, 0.3) is 16.2 Å². The third kappa shape index (κ3) is 5.11. The Kier molecular flexibility index (Phi) is 6.48. The highest BCUT2D eigenvalue weighted by Crippen LogP contribution is 2.34. The van der Waals surface area contributed by atoms with Crippen LogP contribution in [0.2, 0.25) is 0 Å². The number of anilines is 3. The summed E-state index contributed by atoms with van der Waals surface area (Å²) in [5.74, 6) is 1.64. The minimum absolute atomic E-state index is 0.0805. The van der Waals surface area contributed by atoms with Crippen molar-refractivity contribution in [2.75, 3.05) is 54.9 Å². The Morgan fingerprint density at radius 3 is 2.42 bits per heavy atom. The molecule has 4 aromatic rings. The minimum Gasteiger partial charge on any atom is -0.364 e. The number of fused-ring (bicyclic) bond motifs is 1. The standard InChI is InChI=1S/C25H31N9OS/c1-25(2,3)29-21-20(18-9-6-5-7-10-18)28-23-34(21)30-24(36-23)31(4)17-19(35)32-13-15-33(16-14-32)22-26-11-8-12-27-22/h5-12,29H,13-17H2,1-4H3. The Balaban J connectivity index is 1.30. The molecule has 0 aliphatic carbocycles. The summed E-state index contributed by atoms with van der Waals surface area (Å²) < 4.78 is 1.85. The van der Waals surface area contributed by atoms with Crippen molar-refractivity contribution >= 4 is 39.1 Å². The summed E-state index contributed by atoms with van der Waals surface area (Å²) in [5, 5.41) is 9.15. The number of imidazole rings is 1. The predicted octanol–water partition coefficient (Wildman–Crippen LogP) is 3.24. The van der Waals surface area contributed by atoms with Gasteiger partial charge in [-0.1, -0.05) is 41.7 Å². The van der Waals surface area contributed by atoms with Gasteiger partial charge >= 0.3 is 0 Å². The van der Waals surface area contributed by atoms with Crippen LogP contribution < -0.4 is 15.1 Å². The second-order valence-corrected chi connectivity index (χ2v) is 10.8. The van der Waals surface area contributed by atoms with Gasteiger partial charge in [-0.05, 0) is 26.8 Å². The van der Waals surface area contributed by atoms with Crippen molar-refractivity contribution < 1.29 is 4.79 Å². The number of hydrogen-bond donors (Lipinski definition) is 1. The number of piperazine rings is 1. The van der Waals surface area contributed by atoms with E-state index in [4.69, 9.17) is 10.1 Å². The van der Waals surface area contributed by atoms with Crippen LogP contribution >= 0.6 is 11.3 Å². The van der Waals surface area contributed by atoms with Crippen molar-refractivity contribution in [3.05, 3.63) is 48.8 Å². The van der Waals surface area contributed by atoms with Crippen molar-refractivity contribution in [3.8, 4) is 11.3 Å². The fourth-order valence-electron chi connectivity index (χ4n) is 4.14. The van der Waals surface area contributed by atoms with Crippen LogP contribution in [0.15, 0.2) is 48.8 Å². The zero-order chi connectivity index (χ0) is 25.3. The van der Waals surface area contributed by atoms with Gasteiger partial charge in [0.2, 0.25) is 21.9 Å². The minimum atomic E-state index is -0.169. The molecule has 0 unspecified atom stereocenters. The number of likely N-dealkylation sites (N-methyl/N-ethyl adjacent to an activating group) is 1. The van der Waals surface area contributed by atoms with Gasteiger partial charge in [0.15, 0.2) is 5.82 Å². The van der Waals surface area contributed by atoms with Crippen LogP contribution in [-0.2, 0) is 4.79 Å². The van der Waals surface area contributed by atoms with Crippen molar-refractivity contribution in [2.45, 2.75) is 26.3 Å². The number of amides is 1. The number of hydrogen-bond acceptors (Lipinski definition) is 9. The number of nitrogens with one attached hydrogen (secondary N) is 1. The SMILES string of the molecule is CN(CC(=O)N1CCN(c2ncccn2)CC1)c1nn2c(NC(C)(C)C)c(-c3ccccc3)nc2s1. The average Bonchev–Trinajstić information content (AvgIpc) is 3.44. The highest BCUT2D eigenvalue weighted by molar-refractivity contribution is 7.20. The first-order chi connectivity index (χ1) is 17.3. The molecule has 11 heteroatoms. The van der Waals surface area contributed by atoms with E-state index in [0.717, 1.165) is 27.2 Å². The largest absolute Gasteiger partial charge is 0.364 e. The number of benzene rings is 1. The van der Waals surface area contributed by atoms with Crippen molar-refractivity contribution in [1.82, 2.24) is 29.5 Å². The molecule has 0 spiro atoms. The van der Waals surface area contributed by atoms with Gasteiger partial charge in [0.1, 0.15) is 5.69 Å². The molecule has 1 aliphatic rings. The van der Waals surface area contributed by atoms with E-state index in [-0.39, 0.29) is 18.0 Å². The van der Waals surface area contributed by atoms with Crippen molar-refractivity contribution in [2.24, 2.45) is 0 Å². The van der Waals surface area contributed by atoms with Crippen LogP contribution in [0.1, 0.15) is 20.8 Å². The Hall–Kier alpha value is -3.73. The van der Waals surface area contributed by atoms with E-state index < -0.39 is 0 Å². The fraction of sp³-hybridized carbons (Fsp3) is 0.400. The van der Waals surface area contributed by atoms with E-state index in [2.05, 4.69) is 53.1 Å². The van der Waals surface area contributed by atoms with Crippen LogP contribution in [0.3, 0.4) is 0 Å². The molecular formula is C25H31N9OS. The van der Waals surface area contributed by atoms with E-state index in [9.17, 15) is 4.79 Å². The van der Waals surface area contributed by atoms with E-state index in [1.807, 2.05) is 39.6 Å². The maximum atomic E-state index is 13.0. The van der Waals surface area contributed by atoms with Gasteiger partial charge in [-0.2, -0.15) is 4.52 Å². The van der Waals surface area contributed by atoms with E-state index in [1.54, 1.807) is 18.5 Å². The summed E-state index contributed by atoms with van der Waals surface area (Å²) >= 11 is 1.48. The van der Waals surface area contributed by atoms with E-state index in [0.29, 0.717) is 32.1 Å². The molecule has 1 fully saturated rings. The topological polar surface area (TPSA) is 94.8 Å². The molecule has 1 N–H and O–H groups in total. The zero-order valence-electron chi connectivity index (χ0n) is 21.0. The summed E-state index contributed by atoms with van der Waals surface area (Å²) in [4.78, 5) is 33.3. The Labute approximate surface area is 214 Å².